The third-order valence-electron chi connectivity index (χ3n) is 3.98. The lowest BCUT2D eigenvalue weighted by Crippen LogP contribution is -2.40. The predicted molar refractivity (Wildman–Crippen MR) is 71.7 cm³/mol. The second-order valence-electron chi connectivity index (χ2n) is 5.24. The highest BCUT2D eigenvalue weighted by atomic mass is 16.2. The number of rotatable bonds is 7. The molecule has 1 rings (SSSR count). The second-order valence-corrected chi connectivity index (χ2v) is 5.24. The van der Waals surface area contributed by atoms with Gasteiger partial charge in [0, 0.05) is 25.6 Å². The van der Waals surface area contributed by atoms with Crippen LogP contribution in [0, 0.1) is 5.92 Å². The average Bonchev–Trinajstić information content (AvgIpc) is 2.82. The molecule has 2 unspecified atom stereocenters. The minimum Gasteiger partial charge on any atom is -0.338 e. The van der Waals surface area contributed by atoms with Crippen LogP contribution in [-0.4, -0.2) is 29.9 Å². The van der Waals surface area contributed by atoms with Crippen LogP contribution in [0.5, 0.6) is 0 Å². The lowest BCUT2D eigenvalue weighted by molar-refractivity contribution is -0.133. The lowest BCUT2D eigenvalue weighted by Gasteiger charge is -2.25. The highest BCUT2D eigenvalue weighted by Gasteiger charge is 2.28. The summed E-state index contributed by atoms with van der Waals surface area (Å²) in [5.41, 5.74) is 5.71. The molecule has 1 saturated heterocycles. The van der Waals surface area contributed by atoms with Gasteiger partial charge in [0.15, 0.2) is 0 Å². The topological polar surface area (TPSA) is 46.3 Å². The Morgan fingerprint density at radius 2 is 2.24 bits per heavy atom. The van der Waals surface area contributed by atoms with E-state index in [0.29, 0.717) is 24.4 Å². The normalized spacial score (nSPS) is 21.8. The van der Waals surface area contributed by atoms with Crippen molar-refractivity contribution in [2.75, 3.05) is 13.1 Å². The summed E-state index contributed by atoms with van der Waals surface area (Å²) in [6.45, 7) is 5.94. The molecule has 1 aliphatic heterocycles. The van der Waals surface area contributed by atoms with Crippen LogP contribution in [0.3, 0.4) is 0 Å². The molecule has 0 aromatic rings. The molecule has 100 valence electrons. The summed E-state index contributed by atoms with van der Waals surface area (Å²) >= 11 is 0. The van der Waals surface area contributed by atoms with Crippen molar-refractivity contribution in [2.24, 2.45) is 11.7 Å². The summed E-state index contributed by atoms with van der Waals surface area (Å²) in [7, 11) is 0. The fourth-order valence-electron chi connectivity index (χ4n) is 2.72. The Kier molecular flexibility index (Phi) is 6.56. The highest BCUT2D eigenvalue weighted by Crippen LogP contribution is 2.22. The molecule has 0 aliphatic carbocycles. The Labute approximate surface area is 106 Å². The van der Waals surface area contributed by atoms with E-state index in [9.17, 15) is 4.79 Å². The van der Waals surface area contributed by atoms with Crippen molar-refractivity contribution in [2.45, 2.75) is 64.8 Å². The summed E-state index contributed by atoms with van der Waals surface area (Å²) < 4.78 is 0. The maximum Gasteiger partial charge on any atom is 0.223 e. The van der Waals surface area contributed by atoms with Crippen molar-refractivity contribution in [3.63, 3.8) is 0 Å². The maximum absolute atomic E-state index is 12.2. The van der Waals surface area contributed by atoms with Gasteiger partial charge in [-0.25, -0.2) is 0 Å². The SMILES string of the molecule is CCCCC(CC)CC(=O)N1CCCC1CN. The van der Waals surface area contributed by atoms with Gasteiger partial charge in [-0.05, 0) is 25.2 Å². The van der Waals surface area contributed by atoms with Crippen LogP contribution in [0.1, 0.15) is 58.8 Å². The molecule has 1 amide bonds. The van der Waals surface area contributed by atoms with Crippen molar-refractivity contribution in [3.05, 3.63) is 0 Å². The first-order chi connectivity index (χ1) is 8.22. The predicted octanol–water partition coefficient (Wildman–Crippen LogP) is 2.54. The summed E-state index contributed by atoms with van der Waals surface area (Å²) in [5, 5.41) is 0. The van der Waals surface area contributed by atoms with Crippen LogP contribution in [0.25, 0.3) is 0 Å². The zero-order chi connectivity index (χ0) is 12.7. The van der Waals surface area contributed by atoms with Crippen molar-refractivity contribution < 1.29 is 4.79 Å². The molecule has 1 fully saturated rings. The Hall–Kier alpha value is -0.570. The fourth-order valence-corrected chi connectivity index (χ4v) is 2.72. The molecule has 3 nitrogen and oxygen atoms in total. The zero-order valence-electron chi connectivity index (χ0n) is 11.5. The van der Waals surface area contributed by atoms with Crippen LogP contribution < -0.4 is 5.73 Å². The monoisotopic (exact) mass is 240 g/mol. The molecule has 1 heterocycles. The zero-order valence-corrected chi connectivity index (χ0v) is 11.5. The average molecular weight is 240 g/mol. The van der Waals surface area contributed by atoms with Gasteiger partial charge in [-0.1, -0.05) is 33.1 Å². The van der Waals surface area contributed by atoms with Gasteiger partial charge in [-0.2, -0.15) is 0 Å². The third kappa shape index (κ3) is 4.30. The Bertz CT molecular complexity index is 230. The number of hydrogen-bond acceptors (Lipinski definition) is 2. The number of carbonyl (C=O) groups excluding carboxylic acids is 1. The Balaban J connectivity index is 2.40. The molecule has 2 atom stereocenters. The van der Waals surface area contributed by atoms with E-state index in [1.807, 2.05) is 4.90 Å². The fraction of sp³-hybridized carbons (Fsp3) is 0.929. The number of hydrogen-bond donors (Lipinski definition) is 1. The van der Waals surface area contributed by atoms with E-state index in [1.165, 1.54) is 19.3 Å². The van der Waals surface area contributed by atoms with E-state index in [2.05, 4.69) is 13.8 Å². The molecule has 3 heteroatoms. The van der Waals surface area contributed by atoms with Gasteiger partial charge in [0.1, 0.15) is 0 Å². The van der Waals surface area contributed by atoms with Gasteiger partial charge in [0.25, 0.3) is 0 Å². The summed E-state index contributed by atoms with van der Waals surface area (Å²) in [4.78, 5) is 14.2. The van der Waals surface area contributed by atoms with Gasteiger partial charge in [0.2, 0.25) is 5.91 Å². The Morgan fingerprint density at radius 1 is 1.47 bits per heavy atom. The third-order valence-corrected chi connectivity index (χ3v) is 3.98. The molecule has 0 aromatic heterocycles. The number of likely N-dealkylation sites (tertiary alicyclic amines) is 1. The van der Waals surface area contributed by atoms with Crippen LogP contribution in [0.15, 0.2) is 0 Å². The van der Waals surface area contributed by atoms with Gasteiger partial charge in [-0.3, -0.25) is 4.79 Å². The molecule has 1 aliphatic rings. The van der Waals surface area contributed by atoms with E-state index in [1.54, 1.807) is 0 Å². The van der Waals surface area contributed by atoms with Crippen molar-refractivity contribution >= 4 is 5.91 Å². The first-order valence-electron chi connectivity index (χ1n) is 7.22. The number of nitrogens with zero attached hydrogens (tertiary/aromatic N) is 1. The number of amides is 1. The number of unbranched alkanes of at least 4 members (excludes halogenated alkanes) is 1. The van der Waals surface area contributed by atoms with Crippen molar-refractivity contribution in [1.29, 1.82) is 0 Å². The van der Waals surface area contributed by atoms with Crippen LogP contribution >= 0.6 is 0 Å². The smallest absolute Gasteiger partial charge is 0.223 e. The largest absolute Gasteiger partial charge is 0.338 e. The molecule has 0 spiro atoms. The van der Waals surface area contributed by atoms with Crippen LogP contribution in [-0.2, 0) is 4.79 Å². The van der Waals surface area contributed by atoms with Crippen LogP contribution in [0.4, 0.5) is 0 Å². The summed E-state index contributed by atoms with van der Waals surface area (Å²) in [6, 6.07) is 0.311. The van der Waals surface area contributed by atoms with E-state index in [4.69, 9.17) is 5.73 Å². The Morgan fingerprint density at radius 3 is 2.82 bits per heavy atom. The molecule has 17 heavy (non-hydrogen) atoms. The van der Waals surface area contributed by atoms with E-state index >= 15 is 0 Å². The summed E-state index contributed by atoms with van der Waals surface area (Å²) in [6.07, 6.45) is 7.72. The first-order valence-corrected chi connectivity index (χ1v) is 7.22. The lowest BCUT2D eigenvalue weighted by atomic mass is 9.95. The highest BCUT2D eigenvalue weighted by molar-refractivity contribution is 5.77. The van der Waals surface area contributed by atoms with Gasteiger partial charge in [-0.15, -0.1) is 0 Å². The minimum atomic E-state index is 0.311. The number of carbonyl (C=O) groups is 1. The van der Waals surface area contributed by atoms with E-state index in [0.717, 1.165) is 32.2 Å². The van der Waals surface area contributed by atoms with Gasteiger partial charge >= 0.3 is 0 Å². The number of nitrogens with two attached hydrogens (primary N) is 1. The minimum absolute atomic E-state index is 0.311. The van der Waals surface area contributed by atoms with E-state index < -0.39 is 0 Å². The molecule has 0 aromatic carbocycles. The first kappa shape index (κ1) is 14.5. The molecular weight excluding hydrogens is 212 g/mol. The van der Waals surface area contributed by atoms with Gasteiger partial charge < -0.3 is 10.6 Å². The van der Waals surface area contributed by atoms with Crippen molar-refractivity contribution in [1.82, 2.24) is 4.90 Å². The maximum atomic E-state index is 12.2. The van der Waals surface area contributed by atoms with Crippen molar-refractivity contribution in [3.8, 4) is 0 Å². The molecule has 0 radical (unpaired) electrons. The van der Waals surface area contributed by atoms with Gasteiger partial charge in [0.05, 0.1) is 0 Å². The molecule has 2 N–H and O–H groups in total. The summed E-state index contributed by atoms with van der Waals surface area (Å²) in [5.74, 6) is 0.905. The molecule has 0 saturated carbocycles. The molecular formula is C14H28N2O. The van der Waals surface area contributed by atoms with Crippen LogP contribution in [0.2, 0.25) is 0 Å². The quantitative estimate of drug-likeness (QED) is 0.743. The standard InChI is InChI=1S/C14H28N2O/c1-3-5-7-12(4-2)10-14(17)16-9-6-8-13(16)11-15/h12-13H,3-11,15H2,1-2H3. The second kappa shape index (κ2) is 7.70. The molecule has 0 bridgehead atoms. The van der Waals surface area contributed by atoms with E-state index in [-0.39, 0.29) is 0 Å².